The summed E-state index contributed by atoms with van der Waals surface area (Å²) >= 11 is 0. The Morgan fingerprint density at radius 3 is 2.82 bits per heavy atom. The number of pyridine rings is 1. The van der Waals surface area contributed by atoms with Crippen LogP contribution in [0.3, 0.4) is 0 Å². The molecule has 0 aliphatic rings. The average molecular weight is 294 g/mol. The molecule has 3 aromatic rings. The Morgan fingerprint density at radius 1 is 1.36 bits per heavy atom. The molecule has 22 heavy (non-hydrogen) atoms. The zero-order valence-electron chi connectivity index (χ0n) is 13.1. The van der Waals surface area contributed by atoms with Crippen molar-refractivity contribution in [2.75, 3.05) is 12.4 Å². The number of hydrogen-bond donors (Lipinski definition) is 2. The quantitative estimate of drug-likeness (QED) is 0.778. The van der Waals surface area contributed by atoms with Crippen molar-refractivity contribution in [1.82, 2.24) is 19.7 Å². The van der Waals surface area contributed by atoms with Gasteiger partial charge in [0, 0.05) is 42.2 Å². The third kappa shape index (κ3) is 2.02. The summed E-state index contributed by atoms with van der Waals surface area (Å²) in [6, 6.07) is 2.25. The summed E-state index contributed by atoms with van der Waals surface area (Å²) in [5.74, 6) is 0. The van der Waals surface area contributed by atoms with Gasteiger partial charge in [0.25, 0.3) is 0 Å². The van der Waals surface area contributed by atoms with Crippen LogP contribution in [-0.4, -0.2) is 26.8 Å². The predicted octanol–water partition coefficient (Wildman–Crippen LogP) is 3.04. The number of H-pyrrole nitrogens is 1. The smallest absolute Gasteiger partial charge is 0.143 e. The van der Waals surface area contributed by atoms with E-state index in [1.165, 1.54) is 0 Å². The van der Waals surface area contributed by atoms with Crippen molar-refractivity contribution in [3.63, 3.8) is 0 Å². The molecule has 0 spiro atoms. The highest BCUT2D eigenvalue weighted by molar-refractivity contribution is 5.99. The molecule has 0 unspecified atom stereocenters. The fourth-order valence-corrected chi connectivity index (χ4v) is 2.55. The Hall–Kier alpha value is -2.81. The van der Waals surface area contributed by atoms with Gasteiger partial charge >= 0.3 is 0 Å². The lowest BCUT2D eigenvalue weighted by Crippen LogP contribution is -2.24. The van der Waals surface area contributed by atoms with Gasteiger partial charge in [-0.3, -0.25) is 4.68 Å². The van der Waals surface area contributed by atoms with Crippen molar-refractivity contribution in [3.8, 4) is 17.2 Å². The van der Waals surface area contributed by atoms with Crippen LogP contribution in [0.15, 0.2) is 24.8 Å². The predicted molar refractivity (Wildman–Crippen MR) is 86.5 cm³/mol. The van der Waals surface area contributed by atoms with E-state index in [4.69, 9.17) is 0 Å². The van der Waals surface area contributed by atoms with Gasteiger partial charge < -0.3 is 10.3 Å². The fraction of sp³-hybridized carbons (Fsp3) is 0.312. The summed E-state index contributed by atoms with van der Waals surface area (Å²) in [7, 11) is 1.90. The Morgan fingerprint density at radius 2 is 2.14 bits per heavy atom. The maximum atomic E-state index is 9.24. The lowest BCUT2D eigenvalue weighted by molar-refractivity contribution is 0.419. The molecule has 3 rings (SSSR count). The van der Waals surface area contributed by atoms with Crippen LogP contribution in [0.4, 0.5) is 5.69 Å². The minimum absolute atomic E-state index is 0.681. The second-order valence-corrected chi connectivity index (χ2v) is 5.84. The standard InChI is InChI=1S/C16H18N6/c1-10-5-19-15-13(10)14(18-4)12(7-20-15)11-6-21-22(8-11)16(2,3)9-17/h5-8H,1-4H3,(H2,18,19,20). The largest absolute Gasteiger partial charge is 0.387 e. The topological polar surface area (TPSA) is 82.3 Å². The summed E-state index contributed by atoms with van der Waals surface area (Å²) < 4.78 is 1.68. The fourth-order valence-electron chi connectivity index (χ4n) is 2.55. The number of nitrogens with one attached hydrogen (secondary N) is 2. The van der Waals surface area contributed by atoms with Gasteiger partial charge in [0.1, 0.15) is 11.2 Å². The molecule has 0 atom stereocenters. The molecule has 0 aliphatic heterocycles. The van der Waals surface area contributed by atoms with Gasteiger partial charge in [-0.25, -0.2) is 4.98 Å². The molecule has 6 heteroatoms. The van der Waals surface area contributed by atoms with E-state index in [-0.39, 0.29) is 0 Å². The number of fused-ring (bicyclic) bond motifs is 1. The number of aromatic amines is 1. The molecule has 2 N–H and O–H groups in total. The first-order valence-corrected chi connectivity index (χ1v) is 7.09. The highest BCUT2D eigenvalue weighted by atomic mass is 15.3. The van der Waals surface area contributed by atoms with E-state index in [1.807, 2.05) is 46.4 Å². The number of aryl methyl sites for hydroxylation is 1. The molecule has 0 saturated carbocycles. The normalized spacial score (nSPS) is 11.6. The van der Waals surface area contributed by atoms with Crippen molar-refractivity contribution in [2.45, 2.75) is 26.3 Å². The van der Waals surface area contributed by atoms with Gasteiger partial charge in [-0.2, -0.15) is 10.4 Å². The first kappa shape index (κ1) is 14.1. The molecular weight excluding hydrogens is 276 g/mol. The van der Waals surface area contributed by atoms with Crippen LogP contribution in [0.2, 0.25) is 0 Å². The Kier molecular flexibility index (Phi) is 3.14. The summed E-state index contributed by atoms with van der Waals surface area (Å²) in [5.41, 5.74) is 4.23. The van der Waals surface area contributed by atoms with Crippen LogP contribution in [0.25, 0.3) is 22.2 Å². The zero-order chi connectivity index (χ0) is 15.9. The van der Waals surface area contributed by atoms with Gasteiger partial charge in [-0.1, -0.05) is 0 Å². The van der Waals surface area contributed by atoms with Crippen molar-refractivity contribution in [1.29, 1.82) is 5.26 Å². The number of nitriles is 1. The number of anilines is 1. The molecule has 0 fully saturated rings. The molecule has 0 aliphatic carbocycles. The van der Waals surface area contributed by atoms with E-state index in [0.29, 0.717) is 0 Å². The molecule has 0 aromatic carbocycles. The maximum absolute atomic E-state index is 9.24. The molecule has 6 nitrogen and oxygen atoms in total. The van der Waals surface area contributed by atoms with Crippen molar-refractivity contribution in [3.05, 3.63) is 30.4 Å². The van der Waals surface area contributed by atoms with Crippen LogP contribution < -0.4 is 5.32 Å². The highest BCUT2D eigenvalue weighted by Gasteiger charge is 2.21. The highest BCUT2D eigenvalue weighted by Crippen LogP contribution is 2.35. The van der Waals surface area contributed by atoms with E-state index < -0.39 is 5.54 Å². The maximum Gasteiger partial charge on any atom is 0.143 e. The monoisotopic (exact) mass is 294 g/mol. The third-order valence-corrected chi connectivity index (χ3v) is 3.89. The lowest BCUT2D eigenvalue weighted by Gasteiger charge is -2.15. The first-order valence-electron chi connectivity index (χ1n) is 7.09. The lowest BCUT2D eigenvalue weighted by atomic mass is 10.1. The van der Waals surface area contributed by atoms with E-state index in [2.05, 4.69) is 26.5 Å². The first-order chi connectivity index (χ1) is 10.5. The number of rotatable bonds is 3. The molecular formula is C16H18N6. The van der Waals surface area contributed by atoms with Crippen molar-refractivity contribution < 1.29 is 0 Å². The summed E-state index contributed by atoms with van der Waals surface area (Å²) in [6.07, 6.45) is 7.43. The second-order valence-electron chi connectivity index (χ2n) is 5.84. The second kappa shape index (κ2) is 4.88. The molecule has 0 bridgehead atoms. The van der Waals surface area contributed by atoms with Gasteiger partial charge in [-0.05, 0) is 26.3 Å². The minimum Gasteiger partial charge on any atom is -0.387 e. The van der Waals surface area contributed by atoms with Crippen LogP contribution in [0.1, 0.15) is 19.4 Å². The van der Waals surface area contributed by atoms with Gasteiger partial charge in [0.15, 0.2) is 0 Å². The summed E-state index contributed by atoms with van der Waals surface area (Å²) in [5, 5.41) is 17.9. The van der Waals surface area contributed by atoms with Crippen LogP contribution in [0.5, 0.6) is 0 Å². The molecule has 0 radical (unpaired) electrons. The van der Waals surface area contributed by atoms with Crippen LogP contribution >= 0.6 is 0 Å². The number of nitrogens with zero attached hydrogens (tertiary/aromatic N) is 4. The molecule has 3 aromatic heterocycles. The van der Waals surface area contributed by atoms with Gasteiger partial charge in [0.2, 0.25) is 0 Å². The average Bonchev–Trinajstić information content (AvgIpc) is 3.14. The van der Waals surface area contributed by atoms with E-state index in [9.17, 15) is 5.26 Å². The van der Waals surface area contributed by atoms with Gasteiger partial charge in [-0.15, -0.1) is 0 Å². The zero-order valence-corrected chi connectivity index (χ0v) is 13.1. The van der Waals surface area contributed by atoms with E-state index >= 15 is 0 Å². The van der Waals surface area contributed by atoms with Gasteiger partial charge in [0.05, 0.1) is 18.0 Å². The van der Waals surface area contributed by atoms with E-state index in [0.717, 1.165) is 33.4 Å². The van der Waals surface area contributed by atoms with E-state index in [1.54, 1.807) is 10.9 Å². The molecule has 0 amide bonds. The molecule has 3 heterocycles. The number of hydrogen-bond acceptors (Lipinski definition) is 4. The Balaban J connectivity index is 2.19. The number of aromatic nitrogens is 4. The third-order valence-electron chi connectivity index (χ3n) is 3.89. The Bertz CT molecular complexity index is 878. The molecule has 0 saturated heterocycles. The van der Waals surface area contributed by atoms with Crippen LogP contribution in [-0.2, 0) is 5.54 Å². The van der Waals surface area contributed by atoms with Crippen molar-refractivity contribution >= 4 is 16.7 Å². The minimum atomic E-state index is -0.681. The molecule has 112 valence electrons. The summed E-state index contributed by atoms with van der Waals surface area (Å²) in [6.45, 7) is 5.72. The summed E-state index contributed by atoms with van der Waals surface area (Å²) in [4.78, 5) is 7.65. The SMILES string of the molecule is CNc1c(-c2cnn(C(C)(C)C#N)c2)cnc2[nH]cc(C)c12. The van der Waals surface area contributed by atoms with Crippen LogP contribution in [0, 0.1) is 18.3 Å². The van der Waals surface area contributed by atoms with Crippen molar-refractivity contribution in [2.24, 2.45) is 0 Å². The Labute approximate surface area is 128 Å².